The summed E-state index contributed by atoms with van der Waals surface area (Å²) in [5, 5.41) is 0. The quantitative estimate of drug-likeness (QED) is 0.818. The third kappa shape index (κ3) is 4.24. The van der Waals surface area contributed by atoms with Gasteiger partial charge in [0.1, 0.15) is 0 Å². The Balaban J connectivity index is 2.60. The maximum absolute atomic E-state index is 11.8. The van der Waals surface area contributed by atoms with Crippen molar-refractivity contribution < 1.29 is 13.2 Å². The van der Waals surface area contributed by atoms with E-state index in [-0.39, 0.29) is 29.7 Å². The number of sulfonamides is 1. The first-order valence-electron chi connectivity index (χ1n) is 6.46. The molecule has 1 N–H and O–H groups in total. The molecule has 1 unspecified atom stereocenters. The Labute approximate surface area is 110 Å². The number of carbonyl (C=O) groups excluding carboxylic acids is 1. The van der Waals surface area contributed by atoms with Crippen LogP contribution >= 0.6 is 0 Å². The molecule has 1 aliphatic rings. The van der Waals surface area contributed by atoms with E-state index in [1.54, 1.807) is 4.90 Å². The number of amides is 1. The van der Waals surface area contributed by atoms with Gasteiger partial charge in [-0.05, 0) is 27.2 Å². The van der Waals surface area contributed by atoms with Gasteiger partial charge in [-0.2, -0.15) is 0 Å². The Morgan fingerprint density at radius 1 is 1.39 bits per heavy atom. The Morgan fingerprint density at radius 3 is 2.44 bits per heavy atom. The van der Waals surface area contributed by atoms with E-state index in [4.69, 9.17) is 0 Å². The third-order valence-corrected chi connectivity index (χ3v) is 4.57. The Hall–Kier alpha value is -0.620. The summed E-state index contributed by atoms with van der Waals surface area (Å²) in [6.07, 6.45) is 1.76. The summed E-state index contributed by atoms with van der Waals surface area (Å²) < 4.78 is 26.2. The molecule has 1 heterocycles. The highest BCUT2D eigenvalue weighted by molar-refractivity contribution is 7.89. The van der Waals surface area contributed by atoms with Crippen molar-refractivity contribution >= 4 is 15.9 Å². The molecule has 0 aliphatic carbocycles. The average Bonchev–Trinajstić information content (AvgIpc) is 2.55. The molecular weight excluding hydrogens is 252 g/mol. The first-order chi connectivity index (χ1) is 8.15. The number of hydrogen-bond acceptors (Lipinski definition) is 3. The van der Waals surface area contributed by atoms with Crippen LogP contribution in [-0.2, 0) is 14.8 Å². The average molecular weight is 276 g/mol. The highest BCUT2D eigenvalue weighted by Gasteiger charge is 2.37. The van der Waals surface area contributed by atoms with Crippen LogP contribution in [0.3, 0.4) is 0 Å². The molecular formula is C12H24N2O3S. The van der Waals surface area contributed by atoms with Crippen molar-refractivity contribution in [2.75, 3.05) is 12.3 Å². The summed E-state index contributed by atoms with van der Waals surface area (Å²) in [4.78, 5) is 13.6. The van der Waals surface area contributed by atoms with Crippen LogP contribution in [0.5, 0.6) is 0 Å². The van der Waals surface area contributed by atoms with Crippen molar-refractivity contribution in [3.63, 3.8) is 0 Å². The zero-order valence-corrected chi connectivity index (χ0v) is 12.5. The molecule has 106 valence electrons. The first-order valence-corrected chi connectivity index (χ1v) is 8.11. The lowest BCUT2D eigenvalue weighted by molar-refractivity contribution is -0.131. The molecule has 0 bridgehead atoms. The van der Waals surface area contributed by atoms with Gasteiger partial charge in [0, 0.05) is 24.5 Å². The number of hydrogen-bond donors (Lipinski definition) is 1. The second-order valence-electron chi connectivity index (χ2n) is 5.87. The molecule has 0 aromatic carbocycles. The van der Waals surface area contributed by atoms with E-state index in [1.165, 1.54) is 0 Å². The van der Waals surface area contributed by atoms with Crippen LogP contribution in [0.4, 0.5) is 0 Å². The fourth-order valence-corrected chi connectivity index (χ4v) is 3.53. The lowest BCUT2D eigenvalue weighted by Gasteiger charge is -2.32. The predicted molar refractivity (Wildman–Crippen MR) is 71.7 cm³/mol. The summed E-state index contributed by atoms with van der Waals surface area (Å²) >= 11 is 0. The zero-order chi connectivity index (χ0) is 14.0. The van der Waals surface area contributed by atoms with Crippen LogP contribution in [0.15, 0.2) is 0 Å². The minimum absolute atomic E-state index is 0.0192. The number of nitrogens with zero attached hydrogens (tertiary/aromatic N) is 1. The topological polar surface area (TPSA) is 66.5 Å². The lowest BCUT2D eigenvalue weighted by atomic mass is 10.1. The zero-order valence-electron chi connectivity index (χ0n) is 11.7. The minimum atomic E-state index is -3.25. The largest absolute Gasteiger partial charge is 0.336 e. The minimum Gasteiger partial charge on any atom is -0.336 e. The summed E-state index contributed by atoms with van der Waals surface area (Å²) in [6, 6.07) is -0.279. The van der Waals surface area contributed by atoms with Gasteiger partial charge in [0.2, 0.25) is 15.9 Å². The molecule has 1 rings (SSSR count). The first kappa shape index (κ1) is 15.4. The van der Waals surface area contributed by atoms with E-state index >= 15 is 0 Å². The van der Waals surface area contributed by atoms with E-state index in [2.05, 4.69) is 4.72 Å². The number of unbranched alkanes of at least 4 members (excludes halogenated alkanes) is 1. The molecule has 0 spiro atoms. The molecule has 0 aromatic rings. The molecule has 1 aliphatic heterocycles. The van der Waals surface area contributed by atoms with Crippen LogP contribution in [0, 0.1) is 0 Å². The maximum atomic E-state index is 11.8. The second kappa shape index (κ2) is 5.57. The van der Waals surface area contributed by atoms with Gasteiger partial charge in [0.05, 0.1) is 5.75 Å². The third-order valence-electron chi connectivity index (χ3n) is 3.05. The smallest absolute Gasteiger partial charge is 0.224 e. The van der Waals surface area contributed by atoms with Gasteiger partial charge in [-0.25, -0.2) is 13.1 Å². The molecule has 0 saturated carbocycles. The van der Waals surface area contributed by atoms with E-state index in [0.29, 0.717) is 13.0 Å². The van der Waals surface area contributed by atoms with Gasteiger partial charge < -0.3 is 4.90 Å². The summed E-state index contributed by atoms with van der Waals surface area (Å²) in [6.45, 7) is 8.29. The molecule has 1 atom stereocenters. The summed E-state index contributed by atoms with van der Waals surface area (Å²) in [5.41, 5.74) is -0.249. The standard InChI is InChI=1S/C12H24N2O3S/c1-5-6-7-18(16,17)13-10-8-11(15)14(9-10)12(2,3)4/h10,13H,5-9H2,1-4H3. The molecule has 0 aromatic heterocycles. The van der Waals surface area contributed by atoms with Crippen LogP contribution in [0.2, 0.25) is 0 Å². The molecule has 1 fully saturated rings. The molecule has 0 radical (unpaired) electrons. The van der Waals surface area contributed by atoms with Crippen molar-refractivity contribution in [3.05, 3.63) is 0 Å². The van der Waals surface area contributed by atoms with E-state index in [9.17, 15) is 13.2 Å². The van der Waals surface area contributed by atoms with Crippen LogP contribution < -0.4 is 4.72 Å². The van der Waals surface area contributed by atoms with Crippen molar-refractivity contribution in [1.82, 2.24) is 9.62 Å². The number of rotatable bonds is 5. The number of likely N-dealkylation sites (tertiary alicyclic amines) is 1. The van der Waals surface area contributed by atoms with Gasteiger partial charge in [-0.3, -0.25) is 4.79 Å². The van der Waals surface area contributed by atoms with E-state index in [1.807, 2.05) is 27.7 Å². The number of carbonyl (C=O) groups is 1. The summed E-state index contributed by atoms with van der Waals surface area (Å²) in [7, 11) is -3.25. The molecule has 1 saturated heterocycles. The fourth-order valence-electron chi connectivity index (χ4n) is 2.08. The molecule has 18 heavy (non-hydrogen) atoms. The summed E-state index contributed by atoms with van der Waals surface area (Å²) in [5.74, 6) is 0.162. The monoisotopic (exact) mass is 276 g/mol. The van der Waals surface area contributed by atoms with E-state index < -0.39 is 10.0 Å². The van der Waals surface area contributed by atoms with Gasteiger partial charge in [-0.15, -0.1) is 0 Å². The van der Waals surface area contributed by atoms with Gasteiger partial charge in [0.25, 0.3) is 0 Å². The van der Waals surface area contributed by atoms with E-state index in [0.717, 1.165) is 6.42 Å². The second-order valence-corrected chi connectivity index (χ2v) is 7.74. The highest BCUT2D eigenvalue weighted by Crippen LogP contribution is 2.22. The van der Waals surface area contributed by atoms with Crippen LogP contribution in [0.25, 0.3) is 0 Å². The normalized spacial score (nSPS) is 21.7. The predicted octanol–water partition coefficient (Wildman–Crippen LogP) is 1.11. The van der Waals surface area contributed by atoms with Gasteiger partial charge in [0.15, 0.2) is 0 Å². The van der Waals surface area contributed by atoms with Crippen molar-refractivity contribution in [2.24, 2.45) is 0 Å². The molecule has 1 amide bonds. The van der Waals surface area contributed by atoms with Crippen molar-refractivity contribution in [3.8, 4) is 0 Å². The van der Waals surface area contributed by atoms with Crippen LogP contribution in [0.1, 0.15) is 47.0 Å². The maximum Gasteiger partial charge on any atom is 0.224 e. The van der Waals surface area contributed by atoms with Gasteiger partial charge in [-0.1, -0.05) is 13.3 Å². The van der Waals surface area contributed by atoms with Crippen LogP contribution in [-0.4, -0.2) is 43.1 Å². The molecule has 5 nitrogen and oxygen atoms in total. The molecule has 6 heteroatoms. The lowest BCUT2D eigenvalue weighted by Crippen LogP contribution is -2.44. The van der Waals surface area contributed by atoms with Crippen molar-refractivity contribution in [2.45, 2.75) is 58.5 Å². The van der Waals surface area contributed by atoms with Gasteiger partial charge >= 0.3 is 0 Å². The fraction of sp³-hybridized carbons (Fsp3) is 0.917. The Kier molecular flexibility index (Phi) is 4.78. The van der Waals surface area contributed by atoms with Crippen molar-refractivity contribution in [1.29, 1.82) is 0 Å². The highest BCUT2D eigenvalue weighted by atomic mass is 32.2. The Bertz CT molecular complexity index is 398. The Morgan fingerprint density at radius 2 is 2.00 bits per heavy atom. The SMILES string of the molecule is CCCCS(=O)(=O)NC1CC(=O)N(C(C)(C)C)C1. The number of nitrogens with one attached hydrogen (secondary N) is 1.